The van der Waals surface area contributed by atoms with Crippen LogP contribution in [0.1, 0.15) is 37.4 Å². The number of quaternary nitrogens is 1. The number of Topliss-reactive ketones (excluding diaryl/α,β-unsaturated/α-hetero) is 1. The zero-order valence-electron chi connectivity index (χ0n) is 21.4. The van der Waals surface area contributed by atoms with Gasteiger partial charge in [-0.3, -0.25) is 9.59 Å². The quantitative estimate of drug-likeness (QED) is 0.308. The third kappa shape index (κ3) is 5.94. The number of rotatable bonds is 9. The van der Waals surface area contributed by atoms with Gasteiger partial charge in [-0.05, 0) is 49.2 Å². The topological polar surface area (TPSA) is 92.6 Å². The van der Waals surface area contributed by atoms with Gasteiger partial charge in [-0.1, -0.05) is 24.0 Å². The highest BCUT2D eigenvalue weighted by Gasteiger charge is 2.44. The molecule has 0 aliphatic carbocycles. The molecule has 1 amide bonds. The second-order valence-electron chi connectivity index (χ2n) is 9.52. The monoisotopic (exact) mass is 512 g/mol. The van der Waals surface area contributed by atoms with Crippen molar-refractivity contribution in [2.45, 2.75) is 32.4 Å². The lowest BCUT2D eigenvalue weighted by Crippen LogP contribution is -3.14. The van der Waals surface area contributed by atoms with Gasteiger partial charge in [0.15, 0.2) is 11.6 Å². The van der Waals surface area contributed by atoms with Crippen LogP contribution in [0.15, 0.2) is 48.0 Å². The van der Waals surface area contributed by atoms with E-state index < -0.39 is 29.3 Å². The predicted molar refractivity (Wildman–Crippen MR) is 133 cm³/mol. The lowest BCUT2D eigenvalue weighted by molar-refractivity contribution is -0.908. The molecule has 1 N–H and O–H groups in total. The van der Waals surface area contributed by atoms with E-state index in [4.69, 9.17) is 14.2 Å². The number of morpholine rings is 1. The molecule has 0 radical (unpaired) electrons. The van der Waals surface area contributed by atoms with Crippen LogP contribution in [0.5, 0.6) is 11.5 Å². The van der Waals surface area contributed by atoms with Gasteiger partial charge >= 0.3 is 0 Å². The third-order valence-electron chi connectivity index (χ3n) is 6.65. The van der Waals surface area contributed by atoms with E-state index in [1.807, 2.05) is 0 Å². The minimum atomic E-state index is -0.868. The lowest BCUT2D eigenvalue weighted by Gasteiger charge is -2.29. The maximum atomic E-state index is 14.7. The summed E-state index contributed by atoms with van der Waals surface area (Å²) in [5.74, 6) is -2.32. The minimum absolute atomic E-state index is 0.0112. The third-order valence-corrected chi connectivity index (χ3v) is 6.65. The molecular formula is C28H33FN2O6. The highest BCUT2D eigenvalue weighted by molar-refractivity contribution is 6.46. The van der Waals surface area contributed by atoms with Gasteiger partial charge in [0.05, 0.1) is 39.0 Å². The number of nitrogens with zero attached hydrogens (tertiary/aromatic N) is 1. The average Bonchev–Trinajstić information content (AvgIpc) is 3.15. The van der Waals surface area contributed by atoms with Crippen LogP contribution in [0.3, 0.4) is 0 Å². The summed E-state index contributed by atoms with van der Waals surface area (Å²) in [7, 11) is 1.54. The normalized spacial score (nSPS) is 20.0. The van der Waals surface area contributed by atoms with Gasteiger partial charge in [0, 0.05) is 18.5 Å². The smallest absolute Gasteiger partial charge is 0.295 e. The van der Waals surface area contributed by atoms with Crippen LogP contribution in [0, 0.1) is 5.82 Å². The van der Waals surface area contributed by atoms with Gasteiger partial charge in [-0.2, -0.15) is 0 Å². The number of likely N-dealkylation sites (tertiary alicyclic amines) is 1. The van der Waals surface area contributed by atoms with Crippen LogP contribution in [0.4, 0.5) is 4.39 Å². The Kier molecular flexibility index (Phi) is 8.45. The first-order valence-electron chi connectivity index (χ1n) is 12.6. The van der Waals surface area contributed by atoms with Crippen molar-refractivity contribution in [3.05, 3.63) is 65.0 Å². The molecular weight excluding hydrogens is 479 g/mol. The van der Waals surface area contributed by atoms with E-state index in [9.17, 15) is 19.1 Å². The van der Waals surface area contributed by atoms with Crippen LogP contribution in [-0.2, 0) is 14.3 Å². The molecule has 2 aliphatic heterocycles. The Bertz CT molecular complexity index is 1160. The summed E-state index contributed by atoms with van der Waals surface area (Å²) in [6, 6.07) is 9.90. The molecule has 1 unspecified atom stereocenters. The Morgan fingerprint density at radius 2 is 1.86 bits per heavy atom. The summed E-state index contributed by atoms with van der Waals surface area (Å²) >= 11 is 0. The maximum absolute atomic E-state index is 14.7. The molecule has 1 atom stereocenters. The fraction of sp³-hybridized carbons (Fsp3) is 0.429. The van der Waals surface area contributed by atoms with Gasteiger partial charge in [0.1, 0.15) is 18.8 Å². The van der Waals surface area contributed by atoms with Gasteiger partial charge < -0.3 is 29.1 Å². The minimum Gasteiger partial charge on any atom is -0.872 e. The number of methoxy groups -OCH3 is 1. The van der Waals surface area contributed by atoms with E-state index >= 15 is 0 Å². The first-order valence-corrected chi connectivity index (χ1v) is 12.6. The molecule has 2 aromatic rings. The van der Waals surface area contributed by atoms with Gasteiger partial charge in [0.2, 0.25) is 5.78 Å². The van der Waals surface area contributed by atoms with Gasteiger partial charge in [-0.25, -0.2) is 4.39 Å². The number of hydrogen-bond donors (Lipinski definition) is 1. The molecule has 8 nitrogen and oxygen atoms in total. The summed E-state index contributed by atoms with van der Waals surface area (Å²) in [5, 5.41) is 13.6. The predicted octanol–water partition coefficient (Wildman–Crippen LogP) is 1.15. The largest absolute Gasteiger partial charge is 0.872 e. The number of nitrogens with one attached hydrogen (secondary N) is 1. The highest BCUT2D eigenvalue weighted by atomic mass is 19.1. The van der Waals surface area contributed by atoms with Crippen LogP contribution in [0.2, 0.25) is 0 Å². The molecule has 0 aromatic heterocycles. The Balaban J connectivity index is 1.68. The zero-order valence-corrected chi connectivity index (χ0v) is 21.4. The van der Waals surface area contributed by atoms with Crippen molar-refractivity contribution in [3.8, 4) is 11.5 Å². The summed E-state index contributed by atoms with van der Waals surface area (Å²) < 4.78 is 30.8. The summed E-state index contributed by atoms with van der Waals surface area (Å²) in [6.45, 7) is 7.88. The van der Waals surface area contributed by atoms with Crippen molar-refractivity contribution >= 4 is 17.4 Å². The number of ketones is 1. The zero-order chi connectivity index (χ0) is 26.5. The van der Waals surface area contributed by atoms with Crippen LogP contribution >= 0.6 is 0 Å². The van der Waals surface area contributed by atoms with Crippen molar-refractivity contribution in [1.82, 2.24) is 4.90 Å². The van der Waals surface area contributed by atoms with Crippen molar-refractivity contribution in [2.75, 3.05) is 46.5 Å². The Labute approximate surface area is 216 Å². The molecule has 0 saturated carbocycles. The number of hydrogen-bond acceptors (Lipinski definition) is 6. The molecule has 2 saturated heterocycles. The molecule has 2 aromatic carbocycles. The summed E-state index contributed by atoms with van der Waals surface area (Å²) in [4.78, 5) is 29.2. The molecule has 9 heteroatoms. The molecule has 37 heavy (non-hydrogen) atoms. The van der Waals surface area contributed by atoms with Crippen molar-refractivity contribution < 1.29 is 38.2 Å². The second kappa shape index (κ2) is 11.7. The van der Waals surface area contributed by atoms with E-state index in [1.165, 1.54) is 21.9 Å². The van der Waals surface area contributed by atoms with Crippen molar-refractivity contribution in [3.63, 3.8) is 0 Å². The lowest BCUT2D eigenvalue weighted by atomic mass is 9.95. The molecule has 0 spiro atoms. The standard InChI is InChI=1S/C28H33FN2O6/c1-18(2)37-23-10-7-20(17-22(23)29)26(32)24-25(19-5-8-21(35-3)9-6-19)31(28(34)27(24)33)12-4-11-30-13-15-36-16-14-30/h5-10,17-18,25,32H,4,11-16H2,1-3H3. The maximum Gasteiger partial charge on any atom is 0.295 e. The first-order chi connectivity index (χ1) is 17.8. The van der Waals surface area contributed by atoms with Gasteiger partial charge in [0.25, 0.3) is 5.91 Å². The number of ether oxygens (including phenoxy) is 3. The Hall–Kier alpha value is -3.43. The van der Waals surface area contributed by atoms with E-state index in [2.05, 4.69) is 0 Å². The molecule has 198 valence electrons. The number of carbonyl (C=O) groups excluding carboxylic acids is 2. The fourth-order valence-electron chi connectivity index (χ4n) is 4.79. The highest BCUT2D eigenvalue weighted by Crippen LogP contribution is 2.39. The fourth-order valence-corrected chi connectivity index (χ4v) is 4.79. The van der Waals surface area contributed by atoms with Crippen LogP contribution in [-0.4, -0.2) is 69.2 Å². The SMILES string of the molecule is COc1ccc(C2C(=C([O-])c3ccc(OC(C)C)c(F)c3)C(=O)C(=O)N2CCC[NH+]2CCOCC2)cc1. The number of amides is 1. The van der Waals surface area contributed by atoms with Crippen LogP contribution in [0.25, 0.3) is 5.76 Å². The molecule has 4 rings (SSSR count). The molecule has 2 fully saturated rings. The number of halogens is 1. The second-order valence-corrected chi connectivity index (χ2v) is 9.52. The Morgan fingerprint density at radius 3 is 2.49 bits per heavy atom. The van der Waals surface area contributed by atoms with Gasteiger partial charge in [-0.15, -0.1) is 0 Å². The van der Waals surface area contributed by atoms with E-state index in [1.54, 1.807) is 45.2 Å². The van der Waals surface area contributed by atoms with E-state index in [0.717, 1.165) is 25.7 Å². The average molecular weight is 513 g/mol. The van der Waals surface area contributed by atoms with E-state index in [0.29, 0.717) is 37.5 Å². The molecule has 2 aliphatic rings. The summed E-state index contributed by atoms with van der Waals surface area (Å²) in [6.07, 6.45) is 0.421. The van der Waals surface area contributed by atoms with Crippen molar-refractivity contribution in [1.29, 1.82) is 0 Å². The van der Waals surface area contributed by atoms with Crippen molar-refractivity contribution in [2.24, 2.45) is 0 Å². The molecule has 0 bridgehead atoms. The first kappa shape index (κ1) is 26.6. The van der Waals surface area contributed by atoms with Crippen LogP contribution < -0.4 is 19.5 Å². The number of benzene rings is 2. The summed E-state index contributed by atoms with van der Waals surface area (Å²) in [5.41, 5.74) is 0.427. The van der Waals surface area contributed by atoms with E-state index in [-0.39, 0.29) is 23.0 Å². The Morgan fingerprint density at radius 1 is 1.16 bits per heavy atom. The molecule has 2 heterocycles. The number of carbonyl (C=O) groups is 2.